The van der Waals surface area contributed by atoms with Gasteiger partial charge in [0, 0.05) is 68.0 Å². The van der Waals surface area contributed by atoms with Crippen LogP contribution in [-0.4, -0.2) is 141 Å². The van der Waals surface area contributed by atoms with Crippen molar-refractivity contribution in [1.29, 1.82) is 0 Å². The third-order valence-corrected chi connectivity index (χ3v) is 13.1. The molecule has 3 amide bonds. The number of likely N-dealkylation sites (N-methyl/N-ethyl adjacent to an activating group) is 1. The fraction of sp³-hybridized carbons (Fsp3) is 0.426. The second-order valence-corrected chi connectivity index (χ2v) is 19.4. The van der Waals surface area contributed by atoms with Crippen LogP contribution in [0.1, 0.15) is 69.1 Å². The molecule has 1 fully saturated rings. The van der Waals surface area contributed by atoms with Crippen molar-refractivity contribution < 1.29 is 71.5 Å². The topological polar surface area (TPSA) is 266 Å². The second kappa shape index (κ2) is 24.5. The number of esters is 4. The van der Waals surface area contributed by atoms with Crippen molar-refractivity contribution >= 4 is 86.2 Å². The van der Waals surface area contributed by atoms with Crippen LogP contribution in [0.3, 0.4) is 0 Å². The molecule has 3 heterocycles. The quantitative estimate of drug-likeness (QED) is 0.0436. The minimum atomic E-state index is -1.81. The summed E-state index contributed by atoms with van der Waals surface area (Å²) in [6.45, 7) is 9.53. The second-order valence-electron chi connectivity index (χ2n) is 19.1. The fourth-order valence-corrected chi connectivity index (χ4v) is 9.15. The van der Waals surface area contributed by atoms with Crippen molar-refractivity contribution in [3.05, 3.63) is 89.6 Å². The van der Waals surface area contributed by atoms with Crippen molar-refractivity contribution in [1.82, 2.24) is 15.2 Å². The number of anilines is 2. The number of nitrogens with zero attached hydrogens (tertiary/aromatic N) is 2. The van der Waals surface area contributed by atoms with Crippen LogP contribution in [0.4, 0.5) is 11.4 Å². The summed E-state index contributed by atoms with van der Waals surface area (Å²) in [5.41, 5.74) is 9.11. The van der Waals surface area contributed by atoms with E-state index in [2.05, 4.69) is 15.6 Å². The molecule has 1 saturated heterocycles. The van der Waals surface area contributed by atoms with Gasteiger partial charge in [0.15, 0.2) is 18.3 Å². The standard InChI is InChI=1S/C54H63ClN6O15/c1-27(2)45(56)51(66)57-28(3)50(65)59-39-16-14-32(20-43(39)75-54-49(74-31(6)64)47(73-30(5)63)46(72-29(4)62)48(76-54)53(68)69-9)26-71-42-23-41-44(37-13-11-10-12-36(37)42)34(24-55)25-61(41)52(67)40-22-33-21-35(15-17-38(33)58-40)70-19-18-60(7)8/h10-17,20-23,27-28,34,45-49,54,58H,18-19,24-26,56H2,1-9H3,(H,57,66)(H,59,65)/t28?,34-,45?,46+,47+,48+,49-,54-/m1/s1. The van der Waals surface area contributed by atoms with Crippen molar-refractivity contribution in [2.75, 3.05) is 57.0 Å². The molecular weight excluding hydrogens is 1010 g/mol. The minimum absolute atomic E-state index is 0.00301. The zero-order valence-electron chi connectivity index (χ0n) is 43.6. The normalized spacial score (nSPS) is 19.8. The summed E-state index contributed by atoms with van der Waals surface area (Å²) in [7, 11) is 4.98. The lowest BCUT2D eigenvalue weighted by molar-refractivity contribution is -0.282. The van der Waals surface area contributed by atoms with Gasteiger partial charge in [0.1, 0.15) is 42.2 Å². The van der Waals surface area contributed by atoms with Crippen LogP contribution in [0.2, 0.25) is 0 Å². The van der Waals surface area contributed by atoms with E-state index in [0.717, 1.165) is 61.7 Å². The predicted molar refractivity (Wildman–Crippen MR) is 279 cm³/mol. The zero-order chi connectivity index (χ0) is 55.1. The summed E-state index contributed by atoms with van der Waals surface area (Å²) in [6.07, 6.45) is -8.66. The molecule has 8 atom stereocenters. The number of rotatable bonds is 20. The third kappa shape index (κ3) is 13.0. The summed E-state index contributed by atoms with van der Waals surface area (Å²) in [6, 6.07) is 19.4. The summed E-state index contributed by atoms with van der Waals surface area (Å²) >= 11 is 6.64. The van der Waals surface area contributed by atoms with Crippen LogP contribution in [-0.2, 0) is 59.1 Å². The van der Waals surface area contributed by atoms with E-state index in [1.807, 2.05) is 61.5 Å². The predicted octanol–water partition coefficient (Wildman–Crippen LogP) is 5.32. The van der Waals surface area contributed by atoms with Gasteiger partial charge < -0.3 is 69.0 Å². The molecule has 4 aromatic carbocycles. The number of nitrogens with two attached hydrogens (primary N) is 1. The number of ether oxygens (including phenoxy) is 8. The van der Waals surface area contributed by atoms with E-state index in [-0.39, 0.29) is 41.7 Å². The first-order chi connectivity index (χ1) is 36.2. The van der Waals surface area contributed by atoms with Gasteiger partial charge in [-0.2, -0.15) is 0 Å². The van der Waals surface area contributed by atoms with Crippen molar-refractivity contribution in [2.24, 2.45) is 11.7 Å². The Labute approximate surface area is 443 Å². The zero-order valence-corrected chi connectivity index (χ0v) is 44.4. The van der Waals surface area contributed by atoms with Crippen LogP contribution >= 0.6 is 11.6 Å². The van der Waals surface area contributed by atoms with E-state index in [4.69, 9.17) is 55.2 Å². The number of nitrogens with one attached hydrogen (secondary N) is 3. The molecule has 22 heteroatoms. The van der Waals surface area contributed by atoms with Crippen molar-refractivity contribution in [2.45, 2.75) is 96.9 Å². The molecule has 0 bridgehead atoms. The first-order valence-electron chi connectivity index (χ1n) is 24.6. The summed E-state index contributed by atoms with van der Waals surface area (Å²) in [5, 5.41) is 7.71. The number of benzene rings is 4. The van der Waals surface area contributed by atoms with Gasteiger partial charge in [0.25, 0.3) is 5.91 Å². The molecule has 0 spiro atoms. The van der Waals surface area contributed by atoms with Gasteiger partial charge in [-0.05, 0) is 79.8 Å². The van der Waals surface area contributed by atoms with Gasteiger partial charge in [0.05, 0.1) is 24.5 Å². The highest BCUT2D eigenvalue weighted by atomic mass is 35.5. The van der Waals surface area contributed by atoms with Gasteiger partial charge in [-0.3, -0.25) is 28.8 Å². The maximum absolute atomic E-state index is 14.5. The Kier molecular flexibility index (Phi) is 18.1. The molecule has 5 aromatic rings. The molecule has 0 saturated carbocycles. The molecular formula is C54H63ClN6O15. The van der Waals surface area contributed by atoms with E-state index >= 15 is 0 Å². The number of fused-ring (bicyclic) bond motifs is 4. The number of alkyl halides is 1. The highest BCUT2D eigenvalue weighted by Crippen LogP contribution is 2.46. The number of aromatic amines is 1. The summed E-state index contributed by atoms with van der Waals surface area (Å²) in [5.74, 6) is -4.55. The minimum Gasteiger partial charge on any atom is -0.492 e. The molecule has 2 aliphatic heterocycles. The average molecular weight is 1070 g/mol. The van der Waals surface area contributed by atoms with Crippen LogP contribution in [0.25, 0.3) is 21.7 Å². The molecule has 1 aromatic heterocycles. The highest BCUT2D eigenvalue weighted by Gasteiger charge is 2.56. The van der Waals surface area contributed by atoms with Crippen molar-refractivity contribution in [3.63, 3.8) is 0 Å². The fourth-order valence-electron chi connectivity index (χ4n) is 8.89. The number of aromatic nitrogens is 1. The maximum Gasteiger partial charge on any atom is 0.339 e. The number of methoxy groups -OCH3 is 1. The van der Waals surface area contributed by atoms with Gasteiger partial charge in [-0.1, -0.05) is 44.2 Å². The molecule has 0 radical (unpaired) electrons. The Morgan fingerprint density at radius 3 is 2.17 bits per heavy atom. The summed E-state index contributed by atoms with van der Waals surface area (Å²) in [4.78, 5) is 99.1. The van der Waals surface area contributed by atoms with E-state index in [9.17, 15) is 33.6 Å². The first kappa shape index (κ1) is 56.3. The third-order valence-electron chi connectivity index (χ3n) is 12.7. The van der Waals surface area contributed by atoms with Crippen molar-refractivity contribution in [3.8, 4) is 17.2 Å². The Morgan fingerprint density at radius 2 is 1.51 bits per heavy atom. The van der Waals surface area contributed by atoms with Crippen LogP contribution < -0.4 is 35.5 Å². The Bertz CT molecular complexity index is 3000. The van der Waals surface area contributed by atoms with E-state index in [1.165, 1.54) is 19.1 Å². The summed E-state index contributed by atoms with van der Waals surface area (Å²) < 4.78 is 46.6. The number of amides is 3. The Balaban J connectivity index is 1.24. The molecule has 7 rings (SSSR count). The number of hydrogen-bond donors (Lipinski definition) is 4. The van der Waals surface area contributed by atoms with E-state index in [1.54, 1.807) is 36.9 Å². The molecule has 21 nitrogen and oxygen atoms in total. The highest BCUT2D eigenvalue weighted by molar-refractivity contribution is 6.19. The monoisotopic (exact) mass is 1070 g/mol. The van der Waals surface area contributed by atoms with Crippen LogP contribution in [0.15, 0.2) is 72.8 Å². The van der Waals surface area contributed by atoms with E-state index in [0.29, 0.717) is 41.6 Å². The molecule has 0 aliphatic carbocycles. The van der Waals surface area contributed by atoms with Gasteiger partial charge in [-0.15, -0.1) is 11.6 Å². The lowest BCUT2D eigenvalue weighted by Gasteiger charge is -2.43. The Morgan fingerprint density at radius 1 is 0.829 bits per heavy atom. The lowest BCUT2D eigenvalue weighted by Crippen LogP contribution is -2.64. The van der Waals surface area contributed by atoms with Gasteiger partial charge >= 0.3 is 23.9 Å². The number of H-pyrrole nitrogens is 1. The Hall–Kier alpha value is -7.46. The first-order valence-corrected chi connectivity index (χ1v) is 25.1. The van der Waals surface area contributed by atoms with Crippen LogP contribution in [0, 0.1) is 5.92 Å². The van der Waals surface area contributed by atoms with Gasteiger partial charge in [0.2, 0.25) is 24.2 Å². The number of carbonyl (C=O) groups excluding carboxylic acids is 7. The molecule has 406 valence electrons. The van der Waals surface area contributed by atoms with Crippen LogP contribution in [0.5, 0.6) is 17.2 Å². The molecule has 5 N–H and O–H groups in total. The SMILES string of the molecule is COC(=O)[C@H]1O[C@@H](Oc2cc(COc3cc4c(c5ccccc35)[C@H](CCl)CN4C(=O)c3cc4cc(OCCN(C)C)ccc4[nH]3)ccc2NC(=O)C(C)NC(=O)C(N)C(C)C)[C@H](OC(C)=O)[C@@H](OC(C)=O)[C@@H]1OC(C)=O. The average Bonchev–Trinajstić information content (AvgIpc) is 3.99. The lowest BCUT2D eigenvalue weighted by atomic mass is 9.95. The number of halogens is 1. The smallest absolute Gasteiger partial charge is 0.339 e. The number of hydrogen-bond acceptors (Lipinski definition) is 17. The maximum atomic E-state index is 14.5. The molecule has 2 unspecified atom stereocenters. The largest absolute Gasteiger partial charge is 0.492 e. The van der Waals surface area contributed by atoms with E-state index < -0.39 is 78.5 Å². The molecule has 2 aliphatic rings. The van der Waals surface area contributed by atoms with Gasteiger partial charge in [-0.25, -0.2) is 4.79 Å². The molecule has 76 heavy (non-hydrogen) atoms. The number of carbonyl (C=O) groups is 7.